The third-order valence-electron chi connectivity index (χ3n) is 2.67. The number of carbonyl (C=O) groups excluding carboxylic acids is 1. The van der Waals surface area contributed by atoms with E-state index in [0.717, 1.165) is 32.5 Å². The van der Waals surface area contributed by atoms with E-state index in [0.29, 0.717) is 13.2 Å². The van der Waals surface area contributed by atoms with Crippen molar-refractivity contribution in [3.05, 3.63) is 0 Å². The summed E-state index contributed by atoms with van der Waals surface area (Å²) in [5.74, 6) is 0.203. The van der Waals surface area contributed by atoms with Gasteiger partial charge in [0.15, 0.2) is 0 Å². The summed E-state index contributed by atoms with van der Waals surface area (Å²) < 4.78 is 5.21. The molecule has 88 valence electrons. The average molecular weight is 214 g/mol. The van der Waals surface area contributed by atoms with Crippen molar-refractivity contribution in [1.82, 2.24) is 10.2 Å². The smallest absolute Gasteiger partial charge is 0.239 e. The van der Waals surface area contributed by atoms with Gasteiger partial charge in [0.05, 0.1) is 19.3 Å². The van der Waals surface area contributed by atoms with Gasteiger partial charge in [-0.1, -0.05) is 13.3 Å². The van der Waals surface area contributed by atoms with Crippen LogP contribution in [0.5, 0.6) is 0 Å². The number of carbonyl (C=O) groups is 1. The van der Waals surface area contributed by atoms with Crippen molar-refractivity contribution < 1.29 is 9.53 Å². The maximum atomic E-state index is 11.9. The van der Waals surface area contributed by atoms with Gasteiger partial charge in [-0.2, -0.15) is 0 Å². The number of hydrogen-bond acceptors (Lipinski definition) is 3. The van der Waals surface area contributed by atoms with Crippen LogP contribution in [0.2, 0.25) is 0 Å². The highest BCUT2D eigenvalue weighted by molar-refractivity contribution is 5.81. The van der Waals surface area contributed by atoms with E-state index in [4.69, 9.17) is 4.74 Å². The molecule has 1 aliphatic rings. The third kappa shape index (κ3) is 4.18. The zero-order valence-electron chi connectivity index (χ0n) is 9.79. The van der Waals surface area contributed by atoms with E-state index in [2.05, 4.69) is 12.2 Å². The fourth-order valence-electron chi connectivity index (χ4n) is 1.64. The summed E-state index contributed by atoms with van der Waals surface area (Å²) in [6.45, 7) is 7.83. The normalized spacial score (nSPS) is 18.9. The fraction of sp³-hybridized carbons (Fsp3) is 0.909. The van der Waals surface area contributed by atoms with E-state index in [9.17, 15) is 4.79 Å². The zero-order chi connectivity index (χ0) is 11.1. The number of nitrogens with one attached hydrogen (secondary N) is 1. The average Bonchev–Trinajstić information content (AvgIpc) is 2.29. The molecular weight excluding hydrogens is 192 g/mol. The Balaban J connectivity index is 2.24. The molecule has 1 fully saturated rings. The van der Waals surface area contributed by atoms with Crippen molar-refractivity contribution in [3.63, 3.8) is 0 Å². The van der Waals surface area contributed by atoms with Gasteiger partial charge in [-0.3, -0.25) is 4.79 Å². The Morgan fingerprint density at radius 1 is 1.47 bits per heavy atom. The molecule has 1 aliphatic heterocycles. The minimum Gasteiger partial charge on any atom is -0.378 e. The second kappa shape index (κ2) is 6.80. The minimum atomic E-state index is -0.0605. The Morgan fingerprint density at radius 2 is 2.13 bits per heavy atom. The van der Waals surface area contributed by atoms with Crippen molar-refractivity contribution >= 4 is 5.91 Å². The van der Waals surface area contributed by atoms with Crippen molar-refractivity contribution in [2.45, 2.75) is 32.7 Å². The molecule has 0 radical (unpaired) electrons. The van der Waals surface area contributed by atoms with Crippen LogP contribution in [0.4, 0.5) is 0 Å². The zero-order valence-corrected chi connectivity index (χ0v) is 9.79. The molecule has 4 heteroatoms. The van der Waals surface area contributed by atoms with E-state index >= 15 is 0 Å². The van der Waals surface area contributed by atoms with E-state index in [1.807, 2.05) is 11.8 Å². The molecule has 1 rings (SSSR count). The van der Waals surface area contributed by atoms with E-state index < -0.39 is 0 Å². The topological polar surface area (TPSA) is 41.6 Å². The van der Waals surface area contributed by atoms with Gasteiger partial charge in [0.25, 0.3) is 0 Å². The summed E-state index contributed by atoms with van der Waals surface area (Å²) in [7, 11) is 0. The van der Waals surface area contributed by atoms with Gasteiger partial charge in [0.1, 0.15) is 0 Å². The lowest BCUT2D eigenvalue weighted by Gasteiger charge is -2.29. The van der Waals surface area contributed by atoms with Gasteiger partial charge < -0.3 is 15.0 Å². The van der Waals surface area contributed by atoms with Crippen LogP contribution < -0.4 is 5.32 Å². The summed E-state index contributed by atoms with van der Waals surface area (Å²) in [6, 6.07) is -0.0605. The molecule has 4 nitrogen and oxygen atoms in total. The number of morpholine rings is 1. The van der Waals surface area contributed by atoms with Crippen molar-refractivity contribution in [3.8, 4) is 0 Å². The number of hydrogen-bond donors (Lipinski definition) is 1. The number of amides is 1. The second-order valence-electron chi connectivity index (χ2n) is 3.97. The maximum absolute atomic E-state index is 11.9. The lowest BCUT2D eigenvalue weighted by molar-refractivity contribution is -0.137. The summed E-state index contributed by atoms with van der Waals surface area (Å²) in [5, 5.41) is 3.25. The van der Waals surface area contributed by atoms with Gasteiger partial charge >= 0.3 is 0 Å². The number of unbranched alkanes of at least 4 members (excludes halogenated alkanes) is 1. The van der Waals surface area contributed by atoms with Crippen LogP contribution >= 0.6 is 0 Å². The number of ether oxygens (including phenoxy) is 1. The number of rotatable bonds is 5. The highest BCUT2D eigenvalue weighted by Gasteiger charge is 2.21. The lowest BCUT2D eigenvalue weighted by Crippen LogP contribution is -2.49. The van der Waals surface area contributed by atoms with Gasteiger partial charge in [-0.15, -0.1) is 0 Å². The van der Waals surface area contributed by atoms with Crippen molar-refractivity contribution in [1.29, 1.82) is 0 Å². The molecule has 1 unspecified atom stereocenters. The monoisotopic (exact) mass is 214 g/mol. The first-order valence-corrected chi connectivity index (χ1v) is 5.85. The molecule has 1 heterocycles. The SMILES string of the molecule is CCCCNC(C)C(=O)N1CCOCC1. The summed E-state index contributed by atoms with van der Waals surface area (Å²) >= 11 is 0. The molecule has 0 spiro atoms. The van der Waals surface area contributed by atoms with Crippen molar-refractivity contribution in [2.24, 2.45) is 0 Å². The van der Waals surface area contributed by atoms with Gasteiger partial charge in [-0.05, 0) is 19.9 Å². The highest BCUT2D eigenvalue weighted by atomic mass is 16.5. The Kier molecular flexibility index (Phi) is 5.65. The van der Waals surface area contributed by atoms with Crippen molar-refractivity contribution in [2.75, 3.05) is 32.8 Å². The highest BCUT2D eigenvalue weighted by Crippen LogP contribution is 2.00. The molecule has 0 aromatic carbocycles. The van der Waals surface area contributed by atoms with Crippen LogP contribution in [0.1, 0.15) is 26.7 Å². The lowest BCUT2D eigenvalue weighted by atomic mass is 10.2. The quantitative estimate of drug-likeness (QED) is 0.682. The Labute approximate surface area is 92.0 Å². The molecule has 0 aromatic rings. The van der Waals surface area contributed by atoms with Gasteiger partial charge in [0, 0.05) is 13.1 Å². The first-order valence-electron chi connectivity index (χ1n) is 5.85. The second-order valence-corrected chi connectivity index (χ2v) is 3.97. The van der Waals surface area contributed by atoms with Crippen LogP contribution in [0, 0.1) is 0 Å². The van der Waals surface area contributed by atoms with E-state index in [1.54, 1.807) is 0 Å². The largest absolute Gasteiger partial charge is 0.378 e. The molecule has 1 N–H and O–H groups in total. The standard InChI is InChI=1S/C11H22N2O2/c1-3-4-5-12-10(2)11(14)13-6-8-15-9-7-13/h10,12H,3-9H2,1-2H3. The maximum Gasteiger partial charge on any atom is 0.239 e. The van der Waals surface area contributed by atoms with Gasteiger partial charge in [-0.25, -0.2) is 0 Å². The van der Waals surface area contributed by atoms with Gasteiger partial charge in [0.2, 0.25) is 5.91 Å². The predicted molar refractivity (Wildman–Crippen MR) is 59.8 cm³/mol. The number of nitrogens with zero attached hydrogens (tertiary/aromatic N) is 1. The summed E-state index contributed by atoms with van der Waals surface area (Å²) in [4.78, 5) is 13.8. The summed E-state index contributed by atoms with van der Waals surface area (Å²) in [6.07, 6.45) is 2.28. The molecule has 0 saturated carbocycles. The molecule has 0 bridgehead atoms. The molecule has 0 aromatic heterocycles. The van der Waals surface area contributed by atoms with E-state index in [-0.39, 0.29) is 11.9 Å². The Morgan fingerprint density at radius 3 is 2.73 bits per heavy atom. The van der Waals surface area contributed by atoms with E-state index in [1.165, 1.54) is 0 Å². The molecule has 0 aliphatic carbocycles. The molecule has 15 heavy (non-hydrogen) atoms. The van der Waals surface area contributed by atoms with Crippen LogP contribution in [0.3, 0.4) is 0 Å². The molecule has 1 amide bonds. The Hall–Kier alpha value is -0.610. The Bertz CT molecular complexity index is 191. The molecule has 1 atom stereocenters. The third-order valence-corrected chi connectivity index (χ3v) is 2.67. The first-order chi connectivity index (χ1) is 7.25. The molecule has 1 saturated heterocycles. The van der Waals surface area contributed by atoms with Crippen LogP contribution in [0.25, 0.3) is 0 Å². The van der Waals surface area contributed by atoms with Crippen LogP contribution in [-0.4, -0.2) is 49.7 Å². The predicted octanol–water partition coefficient (Wildman–Crippen LogP) is 0.623. The molecular formula is C11H22N2O2. The minimum absolute atomic E-state index is 0.0605. The first kappa shape index (κ1) is 12.5. The summed E-state index contributed by atoms with van der Waals surface area (Å²) in [5.41, 5.74) is 0. The van der Waals surface area contributed by atoms with Crippen LogP contribution in [0.15, 0.2) is 0 Å². The fourth-order valence-corrected chi connectivity index (χ4v) is 1.64. The van der Waals surface area contributed by atoms with Crippen LogP contribution in [-0.2, 0) is 9.53 Å².